The number of hydrogen-bond acceptors (Lipinski definition) is 7. The number of carbonyl (C=O) groups excluding carboxylic acids is 2. The molecule has 2 amide bonds. The molecule has 37 heavy (non-hydrogen) atoms. The number of piperidine rings is 1. The second-order valence-corrected chi connectivity index (χ2v) is 10.8. The van der Waals surface area contributed by atoms with Crippen LogP contribution in [-0.2, 0) is 11.3 Å². The Labute approximate surface area is 217 Å². The van der Waals surface area contributed by atoms with E-state index in [1.165, 1.54) is 29.5 Å². The maximum atomic E-state index is 15.1. The van der Waals surface area contributed by atoms with Crippen LogP contribution in [0, 0.1) is 0 Å². The highest BCUT2D eigenvalue weighted by atomic mass is 19.1. The minimum absolute atomic E-state index is 0.0988. The normalized spacial score (nSPS) is 20.5. The molecule has 0 aliphatic carbocycles. The number of benzene rings is 1. The molecule has 2 aliphatic heterocycles. The highest BCUT2D eigenvalue weighted by Crippen LogP contribution is 2.26. The van der Waals surface area contributed by atoms with E-state index in [1.807, 2.05) is 12.1 Å². The monoisotopic (exact) mass is 512 g/mol. The number of rotatable bonds is 7. The summed E-state index contributed by atoms with van der Waals surface area (Å²) in [6.07, 6.45) is 2.37. The Morgan fingerprint density at radius 3 is 2.49 bits per heavy atom. The van der Waals surface area contributed by atoms with E-state index in [0.717, 1.165) is 25.3 Å². The number of aromatic nitrogens is 1. The standard InChI is InChI=1S/C27H37FN6O3/c1-27(2,3)37-26(36)34-13-10-22(21(28)17-34)32-23-14-24(30-15-20(23)25(29)35)31-19-8-6-18(7-9-19)16-33-11-4-5-12-33/h6-9,14-15,21-22H,4-5,10-13,16-17H2,1-3H3,(H2,29,35)(H2,30,31,32)/t21-,22+/m0/s1. The molecule has 0 saturated carbocycles. The smallest absolute Gasteiger partial charge is 0.410 e. The minimum Gasteiger partial charge on any atom is -0.444 e. The number of amides is 2. The van der Waals surface area contributed by atoms with Gasteiger partial charge in [-0.05, 0) is 70.8 Å². The molecule has 1 aromatic carbocycles. The molecule has 0 spiro atoms. The zero-order chi connectivity index (χ0) is 26.6. The van der Waals surface area contributed by atoms with E-state index in [9.17, 15) is 9.59 Å². The van der Waals surface area contributed by atoms with E-state index in [2.05, 4.69) is 32.7 Å². The van der Waals surface area contributed by atoms with Crippen molar-refractivity contribution in [3.63, 3.8) is 0 Å². The molecule has 2 aromatic rings. The molecular formula is C27H37FN6O3. The van der Waals surface area contributed by atoms with Crippen LogP contribution in [0.2, 0.25) is 0 Å². The zero-order valence-electron chi connectivity index (χ0n) is 21.8. The second-order valence-electron chi connectivity index (χ2n) is 10.8. The Morgan fingerprint density at radius 2 is 1.86 bits per heavy atom. The molecule has 4 rings (SSSR count). The van der Waals surface area contributed by atoms with Crippen molar-refractivity contribution in [3.05, 3.63) is 47.7 Å². The molecule has 0 unspecified atom stereocenters. The summed E-state index contributed by atoms with van der Waals surface area (Å²) in [4.78, 5) is 32.5. The van der Waals surface area contributed by atoms with E-state index >= 15 is 4.39 Å². The van der Waals surface area contributed by atoms with Gasteiger partial charge in [0.25, 0.3) is 5.91 Å². The van der Waals surface area contributed by atoms with Crippen molar-refractivity contribution in [2.45, 2.75) is 64.4 Å². The summed E-state index contributed by atoms with van der Waals surface area (Å²) in [6.45, 7) is 8.78. The van der Waals surface area contributed by atoms with Crippen LogP contribution in [0.25, 0.3) is 0 Å². The van der Waals surface area contributed by atoms with Crippen LogP contribution in [0.1, 0.15) is 56.0 Å². The Hall–Kier alpha value is -3.40. The first kappa shape index (κ1) is 26.7. The summed E-state index contributed by atoms with van der Waals surface area (Å²) in [5.74, 6) is -0.157. The van der Waals surface area contributed by atoms with Crippen molar-refractivity contribution >= 4 is 29.2 Å². The number of likely N-dealkylation sites (tertiary alicyclic amines) is 2. The van der Waals surface area contributed by atoms with Gasteiger partial charge in [0.2, 0.25) is 0 Å². The Bertz CT molecular complexity index is 1100. The molecular weight excluding hydrogens is 475 g/mol. The number of anilines is 3. The molecule has 0 bridgehead atoms. The fourth-order valence-corrected chi connectivity index (χ4v) is 4.64. The van der Waals surface area contributed by atoms with Crippen LogP contribution in [0.5, 0.6) is 0 Å². The first-order valence-electron chi connectivity index (χ1n) is 12.8. The number of halogens is 1. The Balaban J connectivity index is 1.41. The summed E-state index contributed by atoms with van der Waals surface area (Å²) in [5.41, 5.74) is 7.58. The SMILES string of the molecule is CC(C)(C)OC(=O)N1CC[C@@H](Nc2cc(Nc3ccc(CN4CCCC4)cc3)ncc2C(N)=O)[C@@H](F)C1. The number of ether oxygens (including phenoxy) is 1. The van der Waals surface area contributed by atoms with Crippen molar-refractivity contribution in [1.29, 1.82) is 0 Å². The van der Waals surface area contributed by atoms with E-state index < -0.39 is 29.8 Å². The number of carbonyl (C=O) groups is 2. The van der Waals surface area contributed by atoms with Gasteiger partial charge in [-0.15, -0.1) is 0 Å². The average molecular weight is 513 g/mol. The maximum absolute atomic E-state index is 15.1. The largest absolute Gasteiger partial charge is 0.444 e. The second kappa shape index (κ2) is 11.3. The molecule has 10 heteroatoms. The average Bonchev–Trinajstić information content (AvgIpc) is 3.33. The van der Waals surface area contributed by atoms with Gasteiger partial charge in [-0.1, -0.05) is 12.1 Å². The van der Waals surface area contributed by atoms with E-state index in [-0.39, 0.29) is 12.1 Å². The molecule has 200 valence electrons. The van der Waals surface area contributed by atoms with Gasteiger partial charge in [-0.2, -0.15) is 0 Å². The van der Waals surface area contributed by atoms with Gasteiger partial charge >= 0.3 is 6.09 Å². The molecule has 4 N–H and O–H groups in total. The maximum Gasteiger partial charge on any atom is 0.410 e. The van der Waals surface area contributed by atoms with E-state index in [1.54, 1.807) is 26.8 Å². The molecule has 3 heterocycles. The lowest BCUT2D eigenvalue weighted by atomic mass is 10.0. The number of alkyl halides is 1. The van der Waals surface area contributed by atoms with Gasteiger partial charge < -0.3 is 26.0 Å². The van der Waals surface area contributed by atoms with Crippen LogP contribution < -0.4 is 16.4 Å². The lowest BCUT2D eigenvalue weighted by molar-refractivity contribution is 0.0125. The minimum atomic E-state index is -1.35. The van der Waals surface area contributed by atoms with Gasteiger partial charge in [0.15, 0.2) is 0 Å². The number of hydrogen-bond donors (Lipinski definition) is 3. The van der Waals surface area contributed by atoms with Gasteiger partial charge in [0.05, 0.1) is 23.8 Å². The summed E-state index contributed by atoms with van der Waals surface area (Å²) in [7, 11) is 0. The quantitative estimate of drug-likeness (QED) is 0.508. The topological polar surface area (TPSA) is 113 Å². The fraction of sp³-hybridized carbons (Fsp3) is 0.519. The summed E-state index contributed by atoms with van der Waals surface area (Å²) in [6, 6.07) is 9.22. The van der Waals surface area contributed by atoms with Crippen molar-refractivity contribution < 1.29 is 18.7 Å². The zero-order valence-corrected chi connectivity index (χ0v) is 21.8. The predicted molar refractivity (Wildman–Crippen MR) is 142 cm³/mol. The predicted octanol–water partition coefficient (Wildman–Crippen LogP) is 4.28. The van der Waals surface area contributed by atoms with Crippen molar-refractivity contribution in [2.75, 3.05) is 36.8 Å². The molecule has 9 nitrogen and oxygen atoms in total. The van der Waals surface area contributed by atoms with Crippen LogP contribution in [-0.4, -0.2) is 70.8 Å². The third kappa shape index (κ3) is 7.31. The number of nitrogens with two attached hydrogens (primary N) is 1. The molecule has 2 saturated heterocycles. The van der Waals surface area contributed by atoms with Crippen LogP contribution in [0.15, 0.2) is 36.5 Å². The van der Waals surface area contributed by atoms with E-state index in [4.69, 9.17) is 10.5 Å². The molecule has 0 radical (unpaired) electrons. The first-order chi connectivity index (χ1) is 17.6. The Kier molecular flexibility index (Phi) is 8.16. The lowest BCUT2D eigenvalue weighted by Gasteiger charge is -2.36. The third-order valence-corrected chi connectivity index (χ3v) is 6.53. The molecule has 2 aliphatic rings. The van der Waals surface area contributed by atoms with Gasteiger partial charge in [-0.25, -0.2) is 14.2 Å². The number of pyridine rings is 1. The van der Waals surface area contributed by atoms with Crippen LogP contribution in [0.3, 0.4) is 0 Å². The molecule has 2 atom stereocenters. The molecule has 1 aromatic heterocycles. The highest BCUT2D eigenvalue weighted by Gasteiger charge is 2.34. The lowest BCUT2D eigenvalue weighted by Crippen LogP contribution is -2.51. The van der Waals surface area contributed by atoms with Crippen molar-refractivity contribution in [1.82, 2.24) is 14.8 Å². The van der Waals surface area contributed by atoms with Gasteiger partial charge in [-0.3, -0.25) is 9.69 Å². The van der Waals surface area contributed by atoms with Gasteiger partial charge in [0.1, 0.15) is 17.6 Å². The third-order valence-electron chi connectivity index (χ3n) is 6.53. The first-order valence-corrected chi connectivity index (χ1v) is 12.8. The molecule has 2 fully saturated rings. The van der Waals surface area contributed by atoms with Crippen molar-refractivity contribution in [2.24, 2.45) is 5.73 Å². The fourth-order valence-electron chi connectivity index (χ4n) is 4.64. The highest BCUT2D eigenvalue weighted by molar-refractivity contribution is 5.98. The van der Waals surface area contributed by atoms with E-state index in [0.29, 0.717) is 24.5 Å². The van der Waals surface area contributed by atoms with Crippen molar-refractivity contribution in [3.8, 4) is 0 Å². The van der Waals surface area contributed by atoms with Crippen LogP contribution >= 0.6 is 0 Å². The number of primary amides is 1. The van der Waals surface area contributed by atoms with Gasteiger partial charge in [0, 0.05) is 31.0 Å². The Morgan fingerprint density at radius 1 is 1.16 bits per heavy atom. The summed E-state index contributed by atoms with van der Waals surface area (Å²) < 4.78 is 20.4. The number of nitrogens with zero attached hydrogens (tertiary/aromatic N) is 3. The summed E-state index contributed by atoms with van der Waals surface area (Å²) in [5, 5.41) is 6.37. The van der Waals surface area contributed by atoms with Crippen LogP contribution in [0.4, 0.5) is 26.4 Å². The summed E-state index contributed by atoms with van der Waals surface area (Å²) >= 11 is 0. The number of nitrogens with one attached hydrogen (secondary N) is 2.